The van der Waals surface area contributed by atoms with E-state index in [-0.39, 0.29) is 10.5 Å². The van der Waals surface area contributed by atoms with Gasteiger partial charge < -0.3 is 9.47 Å². The highest BCUT2D eigenvalue weighted by molar-refractivity contribution is 7.89. The van der Waals surface area contributed by atoms with Crippen molar-refractivity contribution in [3.63, 3.8) is 0 Å². The van der Waals surface area contributed by atoms with Gasteiger partial charge in [-0.25, -0.2) is 18.0 Å². The van der Waals surface area contributed by atoms with Crippen LogP contribution in [0.3, 0.4) is 0 Å². The van der Waals surface area contributed by atoms with Gasteiger partial charge in [0.05, 0.1) is 17.6 Å². The fraction of sp³-hybridized carbons (Fsp3) is 0.529. The lowest BCUT2D eigenvalue weighted by Crippen LogP contribution is -2.36. The molecule has 0 radical (unpaired) electrons. The van der Waals surface area contributed by atoms with Gasteiger partial charge in [0.25, 0.3) is 0 Å². The first-order valence-corrected chi connectivity index (χ1v) is 9.61. The first-order valence-electron chi connectivity index (χ1n) is 8.17. The van der Waals surface area contributed by atoms with Crippen molar-refractivity contribution in [1.82, 2.24) is 4.31 Å². The third-order valence-corrected chi connectivity index (χ3v) is 6.21. The van der Waals surface area contributed by atoms with E-state index < -0.39 is 28.1 Å². The van der Waals surface area contributed by atoms with Crippen molar-refractivity contribution >= 4 is 22.0 Å². The van der Waals surface area contributed by atoms with Gasteiger partial charge in [0.15, 0.2) is 6.10 Å². The van der Waals surface area contributed by atoms with Crippen LogP contribution in [0.15, 0.2) is 23.1 Å². The Hall–Kier alpha value is -1.93. The first-order chi connectivity index (χ1) is 11.8. The number of carbonyl (C=O) groups is 2. The fourth-order valence-electron chi connectivity index (χ4n) is 2.69. The summed E-state index contributed by atoms with van der Waals surface area (Å²) in [6.07, 6.45) is 1.61. The van der Waals surface area contributed by atoms with Crippen molar-refractivity contribution in [3.8, 4) is 0 Å². The third-order valence-electron chi connectivity index (χ3n) is 4.17. The largest absolute Gasteiger partial charge is 0.466 e. The number of methoxy groups -OCH3 is 1. The second kappa shape index (κ2) is 7.97. The maximum absolute atomic E-state index is 12.9. The second-order valence-electron chi connectivity index (χ2n) is 6.02. The van der Waals surface area contributed by atoms with E-state index >= 15 is 0 Å². The molecule has 0 N–H and O–H groups in total. The molecule has 0 aliphatic carbocycles. The lowest BCUT2D eigenvalue weighted by atomic mass is 10.1. The molecular formula is C17H23NO6S. The monoisotopic (exact) mass is 369 g/mol. The molecule has 25 heavy (non-hydrogen) atoms. The number of carbonyl (C=O) groups excluding carboxylic acids is 2. The standard InChI is InChI=1S/C17H23NO6S/c1-12-7-8-14(17(20)24-13(2)16(19)23-3)11-15(12)25(21,22)18-9-5-4-6-10-18/h7-8,11,13H,4-6,9-10H2,1-3H3/t13-/m1/s1. The molecule has 0 spiro atoms. The fourth-order valence-corrected chi connectivity index (χ4v) is 4.46. The van der Waals surface area contributed by atoms with Crippen molar-refractivity contribution in [2.24, 2.45) is 0 Å². The van der Waals surface area contributed by atoms with E-state index in [1.807, 2.05) is 0 Å². The average molecular weight is 369 g/mol. The number of hydrogen-bond acceptors (Lipinski definition) is 6. The Labute approximate surface area is 148 Å². The predicted octanol–water partition coefficient (Wildman–Crippen LogP) is 1.89. The second-order valence-corrected chi connectivity index (χ2v) is 7.92. The van der Waals surface area contributed by atoms with E-state index in [1.54, 1.807) is 13.0 Å². The number of nitrogens with zero attached hydrogens (tertiary/aromatic N) is 1. The van der Waals surface area contributed by atoms with Crippen LogP contribution in [-0.4, -0.2) is 51.0 Å². The maximum Gasteiger partial charge on any atom is 0.346 e. The van der Waals surface area contributed by atoms with Crippen molar-refractivity contribution in [3.05, 3.63) is 29.3 Å². The quantitative estimate of drug-likeness (QED) is 0.736. The van der Waals surface area contributed by atoms with Crippen molar-refractivity contribution in [1.29, 1.82) is 0 Å². The molecule has 1 atom stereocenters. The van der Waals surface area contributed by atoms with Gasteiger partial charge in [-0.05, 0) is 44.4 Å². The summed E-state index contributed by atoms with van der Waals surface area (Å²) in [5, 5.41) is 0. The Morgan fingerprint density at radius 3 is 2.40 bits per heavy atom. The zero-order chi connectivity index (χ0) is 18.6. The Morgan fingerprint density at radius 2 is 1.80 bits per heavy atom. The molecule has 0 saturated carbocycles. The molecule has 2 rings (SSSR count). The topological polar surface area (TPSA) is 90.0 Å². The summed E-state index contributed by atoms with van der Waals surface area (Å²) in [6.45, 7) is 4.04. The van der Waals surface area contributed by atoms with Crippen LogP contribution in [0.2, 0.25) is 0 Å². The van der Waals surface area contributed by atoms with E-state index in [2.05, 4.69) is 4.74 Å². The smallest absolute Gasteiger partial charge is 0.346 e. The summed E-state index contributed by atoms with van der Waals surface area (Å²) in [5.41, 5.74) is 0.639. The number of piperidine rings is 1. The third kappa shape index (κ3) is 4.38. The molecule has 0 bridgehead atoms. The normalized spacial score (nSPS) is 16.9. The number of hydrogen-bond donors (Lipinski definition) is 0. The number of ether oxygens (including phenoxy) is 2. The highest BCUT2D eigenvalue weighted by atomic mass is 32.2. The lowest BCUT2D eigenvalue weighted by Gasteiger charge is -2.26. The summed E-state index contributed by atoms with van der Waals surface area (Å²) < 4.78 is 36.7. The highest BCUT2D eigenvalue weighted by Crippen LogP contribution is 2.24. The summed E-state index contributed by atoms with van der Waals surface area (Å²) in [6, 6.07) is 4.36. The Morgan fingerprint density at radius 1 is 1.16 bits per heavy atom. The van der Waals surface area contributed by atoms with Gasteiger partial charge in [-0.2, -0.15) is 4.31 Å². The van der Waals surface area contributed by atoms with Crippen LogP contribution in [0.5, 0.6) is 0 Å². The Bertz CT molecular complexity index is 752. The van der Waals surface area contributed by atoms with Gasteiger partial charge in [0, 0.05) is 13.1 Å². The molecule has 138 valence electrons. The molecule has 1 heterocycles. The number of sulfonamides is 1. The van der Waals surface area contributed by atoms with Crippen LogP contribution in [0, 0.1) is 6.92 Å². The number of aryl methyl sites for hydroxylation is 1. The van der Waals surface area contributed by atoms with Gasteiger partial charge in [0.1, 0.15) is 0 Å². The number of benzene rings is 1. The van der Waals surface area contributed by atoms with Crippen LogP contribution >= 0.6 is 0 Å². The molecule has 1 aliphatic heterocycles. The summed E-state index contributed by atoms with van der Waals surface area (Å²) >= 11 is 0. The van der Waals surface area contributed by atoms with E-state index in [1.165, 1.54) is 30.5 Å². The van der Waals surface area contributed by atoms with Gasteiger partial charge >= 0.3 is 11.9 Å². The number of esters is 2. The molecule has 8 heteroatoms. The van der Waals surface area contributed by atoms with Crippen molar-refractivity contribution in [2.45, 2.75) is 44.1 Å². The van der Waals surface area contributed by atoms with Gasteiger partial charge in [0.2, 0.25) is 10.0 Å². The molecule has 0 unspecified atom stereocenters. The van der Waals surface area contributed by atoms with Crippen LogP contribution in [0.25, 0.3) is 0 Å². The molecule has 0 aromatic heterocycles. The highest BCUT2D eigenvalue weighted by Gasteiger charge is 2.28. The van der Waals surface area contributed by atoms with E-state index in [0.717, 1.165) is 19.3 Å². The Balaban J connectivity index is 2.28. The molecule has 7 nitrogen and oxygen atoms in total. The van der Waals surface area contributed by atoms with Gasteiger partial charge in [-0.15, -0.1) is 0 Å². The van der Waals surface area contributed by atoms with E-state index in [4.69, 9.17) is 4.74 Å². The minimum Gasteiger partial charge on any atom is -0.466 e. The van der Waals surface area contributed by atoms with Crippen LogP contribution in [0.4, 0.5) is 0 Å². The SMILES string of the molecule is COC(=O)[C@@H](C)OC(=O)c1ccc(C)c(S(=O)(=O)N2CCCCC2)c1. The average Bonchev–Trinajstić information content (AvgIpc) is 2.61. The minimum atomic E-state index is -3.66. The zero-order valence-electron chi connectivity index (χ0n) is 14.6. The van der Waals surface area contributed by atoms with Crippen LogP contribution in [-0.2, 0) is 24.3 Å². The molecule has 0 amide bonds. The van der Waals surface area contributed by atoms with E-state index in [0.29, 0.717) is 18.7 Å². The molecule has 1 aliphatic rings. The summed E-state index contributed by atoms with van der Waals surface area (Å²) in [7, 11) is -2.47. The first kappa shape index (κ1) is 19.4. The van der Waals surface area contributed by atoms with Gasteiger partial charge in [-0.1, -0.05) is 12.5 Å². The minimum absolute atomic E-state index is 0.0805. The van der Waals surface area contributed by atoms with E-state index in [9.17, 15) is 18.0 Å². The van der Waals surface area contributed by atoms with Crippen LogP contribution in [0.1, 0.15) is 42.1 Å². The summed E-state index contributed by atoms with van der Waals surface area (Å²) in [5.74, 6) is -1.45. The molecule has 1 aromatic carbocycles. The number of rotatable bonds is 5. The summed E-state index contributed by atoms with van der Waals surface area (Å²) in [4.78, 5) is 23.7. The lowest BCUT2D eigenvalue weighted by molar-refractivity contribution is -0.149. The molecule has 1 fully saturated rings. The predicted molar refractivity (Wildman–Crippen MR) is 90.7 cm³/mol. The molecule has 1 saturated heterocycles. The Kier molecular flexibility index (Phi) is 6.18. The van der Waals surface area contributed by atoms with Crippen LogP contribution < -0.4 is 0 Å². The zero-order valence-corrected chi connectivity index (χ0v) is 15.5. The van der Waals surface area contributed by atoms with Gasteiger partial charge in [-0.3, -0.25) is 0 Å². The van der Waals surface area contributed by atoms with Crippen molar-refractivity contribution < 1.29 is 27.5 Å². The molecule has 1 aromatic rings. The maximum atomic E-state index is 12.9. The van der Waals surface area contributed by atoms with Crippen molar-refractivity contribution in [2.75, 3.05) is 20.2 Å². The molecular weight excluding hydrogens is 346 g/mol.